The van der Waals surface area contributed by atoms with Crippen LogP contribution in [-0.4, -0.2) is 46.7 Å². The summed E-state index contributed by atoms with van der Waals surface area (Å²) in [6, 6.07) is 12.8. The van der Waals surface area contributed by atoms with Crippen molar-refractivity contribution in [2.75, 3.05) is 25.6 Å². The Kier molecular flexibility index (Phi) is 7.50. The Labute approximate surface area is 166 Å². The molecule has 0 unspecified atom stereocenters. The summed E-state index contributed by atoms with van der Waals surface area (Å²) in [6.45, 7) is 7.78. The molecule has 2 heterocycles. The van der Waals surface area contributed by atoms with E-state index in [1.54, 1.807) is 0 Å². The zero-order chi connectivity index (χ0) is 19.1. The Balaban J connectivity index is 1.45. The van der Waals surface area contributed by atoms with Gasteiger partial charge in [0.05, 0.1) is 12.3 Å². The highest BCUT2D eigenvalue weighted by atomic mass is 32.2. The van der Waals surface area contributed by atoms with Crippen LogP contribution in [0.5, 0.6) is 5.75 Å². The Morgan fingerprint density at radius 3 is 2.67 bits per heavy atom. The van der Waals surface area contributed by atoms with E-state index in [1.165, 1.54) is 31.1 Å². The number of aromatic nitrogens is 2. The molecule has 1 fully saturated rings. The standard InChI is InChI=1S/C21H30N4OS/c1-16(2)20-5-3-12-25(20)13-4-14-26-18-8-6-17(7-9-18)19-10-11-21(24-23-19)27-15-22/h6-11,16,20H,3-5,12-15,22H2,1-2H3/t20-/m0/s1. The van der Waals surface area contributed by atoms with Crippen LogP contribution in [-0.2, 0) is 0 Å². The van der Waals surface area contributed by atoms with E-state index in [4.69, 9.17) is 10.5 Å². The molecule has 2 aromatic rings. The normalized spacial score (nSPS) is 17.6. The van der Waals surface area contributed by atoms with Crippen LogP contribution in [0.2, 0.25) is 0 Å². The largest absolute Gasteiger partial charge is 0.494 e. The maximum absolute atomic E-state index is 5.92. The number of likely N-dealkylation sites (tertiary alicyclic amines) is 1. The van der Waals surface area contributed by atoms with Gasteiger partial charge in [-0.25, -0.2) is 0 Å². The molecule has 1 aliphatic rings. The van der Waals surface area contributed by atoms with Crippen molar-refractivity contribution in [2.45, 2.75) is 44.2 Å². The lowest BCUT2D eigenvalue weighted by Gasteiger charge is -2.27. The fourth-order valence-corrected chi connectivity index (χ4v) is 4.13. The van der Waals surface area contributed by atoms with Gasteiger partial charge < -0.3 is 15.4 Å². The lowest BCUT2D eigenvalue weighted by molar-refractivity contribution is 0.188. The van der Waals surface area contributed by atoms with Crippen LogP contribution in [0.3, 0.4) is 0 Å². The number of hydrogen-bond donors (Lipinski definition) is 1. The summed E-state index contributed by atoms with van der Waals surface area (Å²) in [5.74, 6) is 2.16. The molecule has 0 spiro atoms. The summed E-state index contributed by atoms with van der Waals surface area (Å²) in [7, 11) is 0. The zero-order valence-electron chi connectivity index (χ0n) is 16.3. The van der Waals surface area contributed by atoms with Gasteiger partial charge in [0.25, 0.3) is 0 Å². The van der Waals surface area contributed by atoms with Gasteiger partial charge in [-0.2, -0.15) is 0 Å². The zero-order valence-corrected chi connectivity index (χ0v) is 17.1. The smallest absolute Gasteiger partial charge is 0.120 e. The Morgan fingerprint density at radius 1 is 1.19 bits per heavy atom. The molecule has 2 N–H and O–H groups in total. The van der Waals surface area contributed by atoms with Crippen molar-refractivity contribution in [2.24, 2.45) is 11.7 Å². The molecule has 5 nitrogen and oxygen atoms in total. The fraction of sp³-hybridized carbons (Fsp3) is 0.524. The average Bonchev–Trinajstić information content (AvgIpc) is 3.16. The molecule has 1 aromatic carbocycles. The maximum atomic E-state index is 5.92. The topological polar surface area (TPSA) is 64.3 Å². The van der Waals surface area contributed by atoms with Crippen LogP contribution in [0.4, 0.5) is 0 Å². The minimum absolute atomic E-state index is 0.510. The molecule has 6 heteroatoms. The molecule has 0 amide bonds. The molecular formula is C21H30N4OS. The number of nitrogens with two attached hydrogens (primary N) is 1. The molecule has 0 aliphatic carbocycles. The predicted octanol–water partition coefficient (Wildman–Crippen LogP) is 4.04. The second-order valence-corrected chi connectivity index (χ2v) is 8.32. The summed E-state index contributed by atoms with van der Waals surface area (Å²) >= 11 is 1.48. The quantitative estimate of drug-likeness (QED) is 0.399. The minimum Gasteiger partial charge on any atom is -0.494 e. The van der Waals surface area contributed by atoms with Gasteiger partial charge in [-0.05, 0) is 68.1 Å². The van der Waals surface area contributed by atoms with Crippen molar-refractivity contribution < 1.29 is 4.74 Å². The van der Waals surface area contributed by atoms with Gasteiger partial charge >= 0.3 is 0 Å². The first-order valence-electron chi connectivity index (χ1n) is 9.81. The van der Waals surface area contributed by atoms with Crippen LogP contribution < -0.4 is 10.5 Å². The van der Waals surface area contributed by atoms with E-state index in [9.17, 15) is 0 Å². The molecule has 0 bridgehead atoms. The van der Waals surface area contributed by atoms with Crippen molar-refractivity contribution >= 4 is 11.8 Å². The second kappa shape index (κ2) is 10.1. The average molecular weight is 387 g/mol. The van der Waals surface area contributed by atoms with Crippen molar-refractivity contribution in [3.8, 4) is 17.0 Å². The molecule has 1 saturated heterocycles. The van der Waals surface area contributed by atoms with Crippen molar-refractivity contribution in [1.82, 2.24) is 15.1 Å². The van der Waals surface area contributed by atoms with Crippen LogP contribution in [0.1, 0.15) is 33.1 Å². The van der Waals surface area contributed by atoms with E-state index < -0.39 is 0 Å². The van der Waals surface area contributed by atoms with Crippen molar-refractivity contribution in [1.29, 1.82) is 0 Å². The van der Waals surface area contributed by atoms with Crippen LogP contribution in [0, 0.1) is 5.92 Å². The number of benzene rings is 1. The van der Waals surface area contributed by atoms with Gasteiger partial charge in [0.15, 0.2) is 0 Å². The van der Waals surface area contributed by atoms with E-state index in [-0.39, 0.29) is 0 Å². The molecule has 146 valence electrons. The molecule has 27 heavy (non-hydrogen) atoms. The summed E-state index contributed by atoms with van der Waals surface area (Å²) in [6.07, 6.45) is 3.74. The van der Waals surface area contributed by atoms with Gasteiger partial charge in [0, 0.05) is 24.0 Å². The maximum Gasteiger partial charge on any atom is 0.120 e. The highest BCUT2D eigenvalue weighted by Crippen LogP contribution is 2.24. The first kappa shape index (κ1) is 20.1. The molecule has 1 aliphatic heterocycles. The molecular weight excluding hydrogens is 356 g/mol. The Morgan fingerprint density at radius 2 is 2.00 bits per heavy atom. The van der Waals surface area contributed by atoms with Gasteiger partial charge in [-0.3, -0.25) is 0 Å². The lowest BCUT2D eigenvalue weighted by atomic mass is 10.0. The van der Waals surface area contributed by atoms with Crippen molar-refractivity contribution in [3.63, 3.8) is 0 Å². The van der Waals surface area contributed by atoms with E-state index in [2.05, 4.69) is 28.9 Å². The third-order valence-electron chi connectivity index (χ3n) is 5.06. The molecule has 1 atom stereocenters. The summed E-state index contributed by atoms with van der Waals surface area (Å²) in [5, 5.41) is 9.29. The number of ether oxygens (including phenoxy) is 1. The summed E-state index contributed by atoms with van der Waals surface area (Å²) in [4.78, 5) is 2.63. The lowest BCUT2D eigenvalue weighted by Crippen LogP contribution is -2.34. The number of nitrogens with zero attached hydrogens (tertiary/aromatic N) is 3. The van der Waals surface area contributed by atoms with Crippen LogP contribution >= 0.6 is 11.8 Å². The summed E-state index contributed by atoms with van der Waals surface area (Å²) in [5.41, 5.74) is 7.41. The Hall–Kier alpha value is -1.63. The third-order valence-corrected chi connectivity index (χ3v) is 5.74. The number of hydrogen-bond acceptors (Lipinski definition) is 6. The number of thioether (sulfide) groups is 1. The summed E-state index contributed by atoms with van der Waals surface area (Å²) < 4.78 is 5.92. The van der Waals surface area contributed by atoms with E-state index >= 15 is 0 Å². The van der Waals surface area contributed by atoms with Crippen molar-refractivity contribution in [3.05, 3.63) is 36.4 Å². The second-order valence-electron chi connectivity index (χ2n) is 7.28. The molecule has 1 aromatic heterocycles. The van der Waals surface area contributed by atoms with Crippen LogP contribution in [0.25, 0.3) is 11.3 Å². The highest BCUT2D eigenvalue weighted by Gasteiger charge is 2.26. The van der Waals surface area contributed by atoms with Gasteiger partial charge in [-0.1, -0.05) is 25.6 Å². The number of rotatable bonds is 9. The molecule has 3 rings (SSSR count). The Bertz CT molecular complexity index is 690. The predicted molar refractivity (Wildman–Crippen MR) is 112 cm³/mol. The van der Waals surface area contributed by atoms with E-state index in [0.717, 1.165) is 53.6 Å². The van der Waals surface area contributed by atoms with E-state index in [1.807, 2.05) is 36.4 Å². The fourth-order valence-electron chi connectivity index (χ4n) is 3.70. The monoisotopic (exact) mass is 386 g/mol. The van der Waals surface area contributed by atoms with Gasteiger partial charge in [-0.15, -0.1) is 10.2 Å². The van der Waals surface area contributed by atoms with Crippen LogP contribution in [0.15, 0.2) is 41.4 Å². The molecule has 0 saturated carbocycles. The third kappa shape index (κ3) is 5.67. The van der Waals surface area contributed by atoms with Gasteiger partial charge in [0.1, 0.15) is 10.8 Å². The highest BCUT2D eigenvalue weighted by molar-refractivity contribution is 7.99. The molecule has 0 radical (unpaired) electrons. The first-order valence-corrected chi connectivity index (χ1v) is 10.8. The van der Waals surface area contributed by atoms with E-state index in [0.29, 0.717) is 5.88 Å². The first-order chi connectivity index (χ1) is 13.2. The SMILES string of the molecule is CC(C)[C@@H]1CCCN1CCCOc1ccc(-c2ccc(SCN)nn2)cc1. The minimum atomic E-state index is 0.510. The van der Waals surface area contributed by atoms with Gasteiger partial charge in [0.2, 0.25) is 0 Å².